The highest BCUT2D eigenvalue weighted by molar-refractivity contribution is 6.05. The van der Waals surface area contributed by atoms with E-state index in [1.807, 2.05) is 30.3 Å². The van der Waals surface area contributed by atoms with Gasteiger partial charge in [0.05, 0.1) is 25.0 Å². The van der Waals surface area contributed by atoms with Crippen LogP contribution in [-0.4, -0.2) is 32.4 Å². The highest BCUT2D eigenvalue weighted by Crippen LogP contribution is 2.20. The zero-order valence-corrected chi connectivity index (χ0v) is 14.7. The number of rotatable bonds is 6. The van der Waals surface area contributed by atoms with Crippen molar-refractivity contribution >= 4 is 22.5 Å². The molecule has 6 heteroatoms. The molecule has 1 amide bonds. The largest absolute Gasteiger partial charge is 0.394 e. The van der Waals surface area contributed by atoms with Crippen molar-refractivity contribution in [2.24, 2.45) is 0 Å². The average molecular weight is 360 g/mol. The third-order valence-corrected chi connectivity index (χ3v) is 4.40. The first-order chi connectivity index (χ1) is 13.2. The molecule has 0 saturated heterocycles. The van der Waals surface area contributed by atoms with Crippen LogP contribution < -0.4 is 5.32 Å². The van der Waals surface area contributed by atoms with Gasteiger partial charge in [-0.05, 0) is 35.7 Å². The zero-order valence-electron chi connectivity index (χ0n) is 14.7. The van der Waals surface area contributed by atoms with Gasteiger partial charge in [0.2, 0.25) is 0 Å². The van der Waals surface area contributed by atoms with Crippen LogP contribution in [0.25, 0.3) is 10.9 Å². The first-order valence-electron chi connectivity index (χ1n) is 8.81. The normalized spacial score (nSPS) is 11.0. The van der Waals surface area contributed by atoms with E-state index < -0.39 is 0 Å². The Labute approximate surface area is 156 Å². The molecule has 0 atom stereocenters. The van der Waals surface area contributed by atoms with Crippen LogP contribution in [0.3, 0.4) is 0 Å². The molecule has 0 bridgehead atoms. The van der Waals surface area contributed by atoms with E-state index in [2.05, 4.69) is 39.7 Å². The molecule has 2 heterocycles. The first kappa shape index (κ1) is 17.1. The molecular formula is C21H20N4O2. The van der Waals surface area contributed by atoms with Crippen molar-refractivity contribution in [3.63, 3.8) is 0 Å². The molecule has 4 rings (SSSR count). The highest BCUT2D eigenvalue weighted by atomic mass is 16.3. The van der Waals surface area contributed by atoms with E-state index in [1.54, 1.807) is 17.1 Å². The number of amides is 1. The number of carbonyl (C=O) groups excluding carboxylic acids is 1. The fourth-order valence-corrected chi connectivity index (χ4v) is 3.10. The van der Waals surface area contributed by atoms with Gasteiger partial charge < -0.3 is 15.4 Å². The minimum Gasteiger partial charge on any atom is -0.394 e. The number of hydrogen-bond acceptors (Lipinski definition) is 3. The van der Waals surface area contributed by atoms with Crippen molar-refractivity contribution in [3.8, 4) is 0 Å². The summed E-state index contributed by atoms with van der Waals surface area (Å²) in [6.07, 6.45) is 4.11. The second-order valence-corrected chi connectivity index (χ2v) is 6.44. The minimum absolute atomic E-state index is 0.00238. The predicted octanol–water partition coefficient (Wildman–Crippen LogP) is 3.20. The summed E-state index contributed by atoms with van der Waals surface area (Å²) < 4.78 is 1.58. The lowest BCUT2D eigenvalue weighted by atomic mass is 10.0. The molecule has 0 spiro atoms. The molecular weight excluding hydrogens is 340 g/mol. The monoisotopic (exact) mass is 360 g/mol. The van der Waals surface area contributed by atoms with Crippen LogP contribution in [0.5, 0.6) is 0 Å². The molecule has 3 N–H and O–H groups in total. The van der Waals surface area contributed by atoms with Crippen LogP contribution in [0.4, 0.5) is 5.69 Å². The Morgan fingerprint density at radius 3 is 2.78 bits per heavy atom. The van der Waals surface area contributed by atoms with Crippen LogP contribution in [0.1, 0.15) is 21.6 Å². The van der Waals surface area contributed by atoms with Crippen LogP contribution in [0.15, 0.2) is 67.0 Å². The van der Waals surface area contributed by atoms with E-state index in [9.17, 15) is 4.79 Å². The van der Waals surface area contributed by atoms with Crippen molar-refractivity contribution in [1.29, 1.82) is 0 Å². The van der Waals surface area contributed by atoms with E-state index in [4.69, 9.17) is 5.11 Å². The molecule has 0 fully saturated rings. The Kier molecular flexibility index (Phi) is 4.72. The molecule has 6 nitrogen and oxygen atoms in total. The first-order valence-corrected chi connectivity index (χ1v) is 8.81. The lowest BCUT2D eigenvalue weighted by molar-refractivity contribution is 0.102. The Hall–Kier alpha value is -3.38. The zero-order chi connectivity index (χ0) is 18.6. The van der Waals surface area contributed by atoms with Gasteiger partial charge in [0.25, 0.3) is 5.91 Å². The summed E-state index contributed by atoms with van der Waals surface area (Å²) in [7, 11) is 0. The second-order valence-electron chi connectivity index (χ2n) is 6.44. The van der Waals surface area contributed by atoms with E-state index >= 15 is 0 Å². The molecule has 0 saturated carbocycles. The molecule has 4 aromatic rings. The summed E-state index contributed by atoms with van der Waals surface area (Å²) in [5, 5.41) is 16.8. The third-order valence-electron chi connectivity index (χ3n) is 4.40. The topological polar surface area (TPSA) is 82.9 Å². The summed E-state index contributed by atoms with van der Waals surface area (Å²) >= 11 is 0. The number of nitrogens with one attached hydrogen (secondary N) is 2. The molecule has 0 unspecified atom stereocenters. The van der Waals surface area contributed by atoms with Crippen LogP contribution in [0.2, 0.25) is 0 Å². The second kappa shape index (κ2) is 7.47. The number of aromatic amines is 1. The molecule has 27 heavy (non-hydrogen) atoms. The van der Waals surface area contributed by atoms with E-state index in [0.717, 1.165) is 17.3 Å². The molecule has 136 valence electrons. The van der Waals surface area contributed by atoms with Gasteiger partial charge in [0.15, 0.2) is 0 Å². The number of aromatic nitrogens is 3. The molecule has 0 aliphatic rings. The maximum Gasteiger partial charge on any atom is 0.272 e. The summed E-state index contributed by atoms with van der Waals surface area (Å²) in [6, 6.07) is 18.3. The van der Waals surface area contributed by atoms with Gasteiger partial charge in [-0.3, -0.25) is 9.48 Å². The number of fused-ring (bicyclic) bond motifs is 1. The van der Waals surface area contributed by atoms with E-state index in [-0.39, 0.29) is 12.5 Å². The van der Waals surface area contributed by atoms with Crippen molar-refractivity contribution < 1.29 is 9.90 Å². The molecule has 0 aliphatic carbocycles. The van der Waals surface area contributed by atoms with Gasteiger partial charge in [-0.2, -0.15) is 5.10 Å². The number of aliphatic hydroxyl groups excluding tert-OH is 1. The summed E-state index contributed by atoms with van der Waals surface area (Å²) in [4.78, 5) is 15.7. The van der Waals surface area contributed by atoms with Crippen molar-refractivity contribution in [3.05, 3.63) is 83.8 Å². The van der Waals surface area contributed by atoms with Gasteiger partial charge in [-0.25, -0.2) is 0 Å². The van der Waals surface area contributed by atoms with Crippen molar-refractivity contribution in [1.82, 2.24) is 14.8 Å². The minimum atomic E-state index is -0.223. The summed E-state index contributed by atoms with van der Waals surface area (Å²) in [6.45, 7) is 0.398. The van der Waals surface area contributed by atoms with E-state index in [1.165, 1.54) is 11.1 Å². The molecule has 0 radical (unpaired) electrons. The number of benzene rings is 2. The SMILES string of the molecule is O=C(Nc1cnn(CCO)c1)c1cc2cc(Cc3ccccc3)ccc2[nH]1. The fourth-order valence-electron chi connectivity index (χ4n) is 3.10. The Balaban J connectivity index is 1.51. The molecule has 0 aliphatic heterocycles. The number of anilines is 1. The van der Waals surface area contributed by atoms with Gasteiger partial charge in [0, 0.05) is 17.1 Å². The van der Waals surface area contributed by atoms with Crippen LogP contribution in [0, 0.1) is 0 Å². The van der Waals surface area contributed by atoms with Gasteiger partial charge in [0.1, 0.15) is 5.69 Å². The maximum atomic E-state index is 12.5. The third kappa shape index (κ3) is 3.91. The lowest BCUT2D eigenvalue weighted by Gasteiger charge is -2.01. The van der Waals surface area contributed by atoms with Crippen LogP contribution >= 0.6 is 0 Å². The van der Waals surface area contributed by atoms with Gasteiger partial charge in [-0.15, -0.1) is 0 Å². The number of hydrogen-bond donors (Lipinski definition) is 3. The Bertz CT molecular complexity index is 1070. The predicted molar refractivity (Wildman–Crippen MR) is 105 cm³/mol. The highest BCUT2D eigenvalue weighted by Gasteiger charge is 2.11. The van der Waals surface area contributed by atoms with Crippen LogP contribution in [-0.2, 0) is 13.0 Å². The number of aliphatic hydroxyl groups is 1. The maximum absolute atomic E-state index is 12.5. The lowest BCUT2D eigenvalue weighted by Crippen LogP contribution is -2.11. The van der Waals surface area contributed by atoms with Crippen molar-refractivity contribution in [2.45, 2.75) is 13.0 Å². The smallest absolute Gasteiger partial charge is 0.272 e. The summed E-state index contributed by atoms with van der Waals surface area (Å²) in [5.74, 6) is -0.223. The quantitative estimate of drug-likeness (QED) is 0.494. The van der Waals surface area contributed by atoms with Gasteiger partial charge in [-0.1, -0.05) is 36.4 Å². The van der Waals surface area contributed by atoms with Gasteiger partial charge >= 0.3 is 0 Å². The standard InChI is InChI=1S/C21H20N4O2/c26-9-8-25-14-18(13-22-25)23-21(27)20-12-17-11-16(6-7-19(17)24-20)10-15-4-2-1-3-5-15/h1-7,11-14,24,26H,8-10H2,(H,23,27). The van der Waals surface area contributed by atoms with Crippen molar-refractivity contribution in [2.75, 3.05) is 11.9 Å². The Morgan fingerprint density at radius 1 is 1.11 bits per heavy atom. The van der Waals surface area contributed by atoms with E-state index in [0.29, 0.717) is 17.9 Å². The number of H-pyrrole nitrogens is 1. The molecule has 2 aromatic heterocycles. The molecule has 2 aromatic carbocycles. The Morgan fingerprint density at radius 2 is 1.96 bits per heavy atom. The number of carbonyl (C=O) groups is 1. The number of nitrogens with zero attached hydrogens (tertiary/aromatic N) is 2. The summed E-state index contributed by atoms with van der Waals surface area (Å²) in [5.41, 5.74) is 4.47. The average Bonchev–Trinajstić information content (AvgIpc) is 3.29. The fraction of sp³-hybridized carbons (Fsp3) is 0.143.